The van der Waals surface area contributed by atoms with Gasteiger partial charge in [0.1, 0.15) is 11.6 Å². The van der Waals surface area contributed by atoms with E-state index in [1.54, 1.807) is 18.4 Å². The molecule has 0 aliphatic heterocycles. The van der Waals surface area contributed by atoms with Crippen LogP contribution in [0.5, 0.6) is 5.75 Å². The summed E-state index contributed by atoms with van der Waals surface area (Å²) < 4.78 is 7.07. The molecule has 0 unspecified atom stereocenters. The summed E-state index contributed by atoms with van der Waals surface area (Å²) in [5, 5.41) is 10.1. The second-order valence-corrected chi connectivity index (χ2v) is 6.33. The molecule has 0 saturated heterocycles. The number of hydrogen-bond donors (Lipinski definition) is 1. The average molecular weight is 336 g/mol. The molecule has 0 saturated carbocycles. The lowest BCUT2D eigenvalue weighted by Crippen LogP contribution is -2.03. The van der Waals surface area contributed by atoms with E-state index < -0.39 is 0 Å². The molecule has 5 nitrogen and oxygen atoms in total. The van der Waals surface area contributed by atoms with Crippen LogP contribution in [0.25, 0.3) is 16.9 Å². The molecular formula is C18H16N4OS. The summed E-state index contributed by atoms with van der Waals surface area (Å²) >= 11 is 1.73. The summed E-state index contributed by atoms with van der Waals surface area (Å²) in [6.45, 7) is 0.767. The number of thiophene rings is 1. The molecule has 120 valence electrons. The van der Waals surface area contributed by atoms with Gasteiger partial charge >= 0.3 is 0 Å². The third kappa shape index (κ3) is 2.83. The van der Waals surface area contributed by atoms with Gasteiger partial charge in [0, 0.05) is 10.4 Å². The number of rotatable bonds is 5. The minimum atomic E-state index is 0.767. The molecule has 1 N–H and O–H groups in total. The molecule has 4 rings (SSSR count). The predicted octanol–water partition coefficient (Wildman–Crippen LogP) is 4.08. The quantitative estimate of drug-likeness (QED) is 0.597. The van der Waals surface area contributed by atoms with Crippen LogP contribution in [0.3, 0.4) is 0 Å². The zero-order chi connectivity index (χ0) is 16.4. The first-order chi connectivity index (χ1) is 11.8. The molecule has 0 radical (unpaired) electrons. The fourth-order valence-corrected chi connectivity index (χ4v) is 3.16. The maximum Gasteiger partial charge on any atom is 0.154 e. The van der Waals surface area contributed by atoms with Gasteiger partial charge in [-0.3, -0.25) is 0 Å². The first kappa shape index (κ1) is 14.7. The van der Waals surface area contributed by atoms with Gasteiger partial charge < -0.3 is 10.1 Å². The van der Waals surface area contributed by atoms with Crippen molar-refractivity contribution >= 4 is 22.8 Å². The number of ether oxygens (including phenoxy) is 1. The number of anilines is 1. The zero-order valence-electron chi connectivity index (χ0n) is 13.1. The van der Waals surface area contributed by atoms with Gasteiger partial charge in [0.2, 0.25) is 0 Å². The molecule has 0 bridgehead atoms. The van der Waals surface area contributed by atoms with Gasteiger partial charge in [0.05, 0.1) is 25.5 Å². The van der Waals surface area contributed by atoms with Crippen LogP contribution in [-0.4, -0.2) is 21.7 Å². The number of nitrogens with one attached hydrogen (secondary N) is 1. The fraction of sp³-hybridized carbons (Fsp3) is 0.111. The molecule has 0 atom stereocenters. The van der Waals surface area contributed by atoms with Crippen molar-refractivity contribution in [2.75, 3.05) is 12.4 Å². The van der Waals surface area contributed by atoms with Gasteiger partial charge in [-0.05, 0) is 47.8 Å². The Kier molecular flexibility index (Phi) is 3.88. The van der Waals surface area contributed by atoms with Gasteiger partial charge in [-0.1, -0.05) is 6.07 Å². The van der Waals surface area contributed by atoms with Crippen molar-refractivity contribution in [3.8, 4) is 17.0 Å². The van der Waals surface area contributed by atoms with E-state index in [4.69, 9.17) is 4.74 Å². The monoisotopic (exact) mass is 336 g/mol. The van der Waals surface area contributed by atoms with E-state index in [0.717, 1.165) is 35.0 Å². The van der Waals surface area contributed by atoms with Crippen molar-refractivity contribution in [3.05, 3.63) is 65.0 Å². The number of aromatic nitrogens is 3. The number of methoxy groups -OCH3 is 1. The first-order valence-electron chi connectivity index (χ1n) is 7.59. The number of imidazole rings is 1. The highest BCUT2D eigenvalue weighted by molar-refractivity contribution is 7.09. The van der Waals surface area contributed by atoms with Crippen molar-refractivity contribution in [2.45, 2.75) is 6.54 Å². The van der Waals surface area contributed by atoms with E-state index in [1.165, 1.54) is 4.88 Å². The van der Waals surface area contributed by atoms with Gasteiger partial charge in [0.25, 0.3) is 0 Å². The molecule has 0 aliphatic rings. The van der Waals surface area contributed by atoms with Crippen molar-refractivity contribution < 1.29 is 4.74 Å². The van der Waals surface area contributed by atoms with Gasteiger partial charge in [-0.15, -0.1) is 16.4 Å². The van der Waals surface area contributed by atoms with E-state index >= 15 is 0 Å². The topological polar surface area (TPSA) is 51.5 Å². The summed E-state index contributed by atoms with van der Waals surface area (Å²) in [4.78, 5) is 5.71. The highest BCUT2D eigenvalue weighted by Crippen LogP contribution is 2.23. The highest BCUT2D eigenvalue weighted by atomic mass is 32.1. The smallest absolute Gasteiger partial charge is 0.154 e. The van der Waals surface area contributed by atoms with E-state index in [2.05, 4.69) is 32.9 Å². The summed E-state index contributed by atoms with van der Waals surface area (Å²) in [5.74, 6) is 1.66. The van der Waals surface area contributed by atoms with Crippen LogP contribution in [0.4, 0.5) is 5.82 Å². The van der Waals surface area contributed by atoms with E-state index in [-0.39, 0.29) is 0 Å². The summed E-state index contributed by atoms with van der Waals surface area (Å²) in [6, 6.07) is 16.0. The minimum Gasteiger partial charge on any atom is -0.497 e. The van der Waals surface area contributed by atoms with E-state index in [1.807, 2.05) is 47.1 Å². The Morgan fingerprint density at radius 2 is 2.00 bits per heavy atom. The molecular weight excluding hydrogens is 320 g/mol. The van der Waals surface area contributed by atoms with E-state index in [9.17, 15) is 0 Å². The average Bonchev–Trinajstić information content (AvgIpc) is 3.29. The van der Waals surface area contributed by atoms with Gasteiger partial charge in [-0.2, -0.15) is 0 Å². The molecule has 0 aliphatic carbocycles. The second-order valence-electron chi connectivity index (χ2n) is 5.29. The zero-order valence-corrected chi connectivity index (χ0v) is 14.0. The number of hydrogen-bond acceptors (Lipinski definition) is 5. The lowest BCUT2D eigenvalue weighted by atomic mass is 10.1. The number of fused-ring (bicyclic) bond motifs is 1. The van der Waals surface area contributed by atoms with Crippen LogP contribution >= 0.6 is 11.3 Å². The van der Waals surface area contributed by atoms with E-state index in [0.29, 0.717) is 0 Å². The Balaban J connectivity index is 1.64. The van der Waals surface area contributed by atoms with Crippen molar-refractivity contribution in [2.24, 2.45) is 0 Å². The molecule has 3 aromatic heterocycles. The first-order valence-corrected chi connectivity index (χ1v) is 8.47. The molecule has 0 amide bonds. The molecule has 1 aromatic carbocycles. The van der Waals surface area contributed by atoms with Crippen LogP contribution in [0, 0.1) is 0 Å². The second kappa shape index (κ2) is 6.33. The molecule has 6 heteroatoms. The van der Waals surface area contributed by atoms with Crippen LogP contribution in [-0.2, 0) is 6.54 Å². The van der Waals surface area contributed by atoms with Crippen LogP contribution in [0.1, 0.15) is 4.88 Å². The normalized spacial score (nSPS) is 10.9. The summed E-state index contributed by atoms with van der Waals surface area (Å²) in [5.41, 5.74) is 2.82. The van der Waals surface area contributed by atoms with Crippen LogP contribution in [0.15, 0.2) is 60.1 Å². The lowest BCUT2D eigenvalue weighted by Gasteiger charge is -2.07. The largest absolute Gasteiger partial charge is 0.497 e. The van der Waals surface area contributed by atoms with Crippen LogP contribution in [0.2, 0.25) is 0 Å². The summed E-state index contributed by atoms with van der Waals surface area (Å²) in [6.07, 6.45) is 1.84. The summed E-state index contributed by atoms with van der Waals surface area (Å²) in [7, 11) is 1.66. The maximum absolute atomic E-state index is 5.21. The Morgan fingerprint density at radius 3 is 2.75 bits per heavy atom. The van der Waals surface area contributed by atoms with Crippen molar-refractivity contribution in [1.29, 1.82) is 0 Å². The molecule has 24 heavy (non-hydrogen) atoms. The number of benzene rings is 1. The third-order valence-electron chi connectivity index (χ3n) is 3.77. The minimum absolute atomic E-state index is 0.767. The molecule has 0 fully saturated rings. The highest BCUT2D eigenvalue weighted by Gasteiger charge is 2.08. The Bertz CT molecular complexity index is 945. The Labute approximate surface area is 143 Å². The Morgan fingerprint density at radius 1 is 1.12 bits per heavy atom. The van der Waals surface area contributed by atoms with Crippen molar-refractivity contribution in [3.63, 3.8) is 0 Å². The number of nitrogens with zero attached hydrogens (tertiary/aromatic N) is 3. The van der Waals surface area contributed by atoms with Gasteiger partial charge in [-0.25, -0.2) is 9.50 Å². The Hall–Kier alpha value is -2.86. The van der Waals surface area contributed by atoms with Gasteiger partial charge in [0.15, 0.2) is 5.65 Å². The van der Waals surface area contributed by atoms with Crippen molar-refractivity contribution in [1.82, 2.24) is 14.6 Å². The SMILES string of the molecule is COc1ccc(-c2cnc3ccc(NCc4cccs4)nn23)cc1. The molecule has 3 heterocycles. The molecule has 0 spiro atoms. The predicted molar refractivity (Wildman–Crippen MR) is 96.6 cm³/mol. The maximum atomic E-state index is 5.21. The lowest BCUT2D eigenvalue weighted by molar-refractivity contribution is 0.415. The third-order valence-corrected chi connectivity index (χ3v) is 4.65. The molecule has 4 aromatic rings. The fourth-order valence-electron chi connectivity index (χ4n) is 2.52. The van der Waals surface area contributed by atoms with Crippen LogP contribution < -0.4 is 10.1 Å². The standard InChI is InChI=1S/C18H16N4OS/c1-23-14-6-4-13(5-7-14)16-12-20-18-9-8-17(21-22(16)18)19-11-15-3-2-10-24-15/h2-10,12H,11H2,1H3,(H,19,21).